The van der Waals surface area contributed by atoms with Crippen LogP contribution in [-0.4, -0.2) is 9.55 Å². The van der Waals surface area contributed by atoms with Gasteiger partial charge in [-0.25, -0.2) is 9.37 Å². The number of nitrogens with two attached hydrogens (primary N) is 1. The Bertz CT molecular complexity index is 783. The van der Waals surface area contributed by atoms with Gasteiger partial charge in [-0.1, -0.05) is 15.9 Å². The molecule has 3 nitrogen and oxygen atoms in total. The number of halogens is 3. The number of fused-ring (bicyclic) bond motifs is 1. The zero-order valence-electron chi connectivity index (χ0n) is 9.57. The van der Waals surface area contributed by atoms with Crippen molar-refractivity contribution in [3.05, 3.63) is 51.2 Å². The topological polar surface area (TPSA) is 43.8 Å². The van der Waals surface area contributed by atoms with Gasteiger partial charge in [-0.15, -0.1) is 0 Å². The summed E-state index contributed by atoms with van der Waals surface area (Å²) in [6, 6.07) is 10.1. The molecule has 0 aliphatic rings. The van der Waals surface area contributed by atoms with E-state index < -0.39 is 0 Å². The number of nitrogen functional groups attached to an aromatic ring is 1. The zero-order valence-corrected chi connectivity index (χ0v) is 12.7. The van der Waals surface area contributed by atoms with E-state index in [-0.39, 0.29) is 5.82 Å². The van der Waals surface area contributed by atoms with Gasteiger partial charge >= 0.3 is 0 Å². The van der Waals surface area contributed by atoms with Crippen LogP contribution in [0.3, 0.4) is 0 Å². The molecule has 6 heteroatoms. The molecule has 96 valence electrons. The van der Waals surface area contributed by atoms with E-state index in [0.717, 1.165) is 20.0 Å². The smallest absolute Gasteiger partial charge is 0.205 e. The van der Waals surface area contributed by atoms with Crippen molar-refractivity contribution < 1.29 is 4.39 Å². The lowest BCUT2D eigenvalue weighted by Gasteiger charge is -2.09. The van der Waals surface area contributed by atoms with Gasteiger partial charge in [0.25, 0.3) is 0 Å². The Labute approximate surface area is 125 Å². The highest BCUT2D eigenvalue weighted by atomic mass is 79.9. The Morgan fingerprint density at radius 1 is 1.11 bits per heavy atom. The van der Waals surface area contributed by atoms with Crippen molar-refractivity contribution >= 4 is 48.8 Å². The molecule has 0 unspecified atom stereocenters. The van der Waals surface area contributed by atoms with Gasteiger partial charge in [0.2, 0.25) is 5.95 Å². The molecule has 3 aromatic rings. The van der Waals surface area contributed by atoms with Gasteiger partial charge in [0.05, 0.1) is 16.7 Å². The largest absolute Gasteiger partial charge is 0.369 e. The van der Waals surface area contributed by atoms with Crippen molar-refractivity contribution in [3.63, 3.8) is 0 Å². The summed E-state index contributed by atoms with van der Waals surface area (Å²) >= 11 is 6.82. The fourth-order valence-corrected chi connectivity index (χ4v) is 2.75. The first-order valence-electron chi connectivity index (χ1n) is 5.45. The van der Waals surface area contributed by atoms with E-state index in [1.54, 1.807) is 10.6 Å². The molecule has 0 saturated carbocycles. The third kappa shape index (κ3) is 2.15. The summed E-state index contributed by atoms with van der Waals surface area (Å²) in [6.45, 7) is 0. The van der Waals surface area contributed by atoms with E-state index in [2.05, 4.69) is 36.8 Å². The molecule has 0 aliphatic carbocycles. The zero-order chi connectivity index (χ0) is 13.6. The molecule has 0 radical (unpaired) electrons. The van der Waals surface area contributed by atoms with Crippen molar-refractivity contribution in [1.82, 2.24) is 9.55 Å². The van der Waals surface area contributed by atoms with Crippen LogP contribution in [0.25, 0.3) is 16.7 Å². The van der Waals surface area contributed by atoms with Gasteiger partial charge in [0, 0.05) is 8.95 Å². The monoisotopic (exact) mass is 383 g/mol. The summed E-state index contributed by atoms with van der Waals surface area (Å²) in [5.74, 6) is -0.00570. The second-order valence-electron chi connectivity index (χ2n) is 4.03. The van der Waals surface area contributed by atoms with Gasteiger partial charge in [0.1, 0.15) is 5.82 Å². The van der Waals surface area contributed by atoms with Crippen LogP contribution in [0.15, 0.2) is 45.3 Å². The first kappa shape index (κ1) is 12.6. The fourth-order valence-electron chi connectivity index (χ4n) is 1.98. The molecule has 3 rings (SSSR count). The molecule has 0 bridgehead atoms. The van der Waals surface area contributed by atoms with E-state index in [0.29, 0.717) is 11.6 Å². The SMILES string of the molecule is Nc1nc2ccc(Br)cc2n1-c1cc(F)ccc1Br. The lowest BCUT2D eigenvalue weighted by molar-refractivity contribution is 0.626. The molecule has 1 heterocycles. The molecule has 0 spiro atoms. The number of hydrogen-bond donors (Lipinski definition) is 1. The number of hydrogen-bond acceptors (Lipinski definition) is 2. The van der Waals surface area contributed by atoms with Crippen molar-refractivity contribution in [2.24, 2.45) is 0 Å². The minimum Gasteiger partial charge on any atom is -0.369 e. The van der Waals surface area contributed by atoms with Gasteiger partial charge in [-0.05, 0) is 52.3 Å². The van der Waals surface area contributed by atoms with E-state index in [1.807, 2.05) is 18.2 Å². The first-order chi connectivity index (χ1) is 9.06. The minimum atomic E-state index is -0.325. The van der Waals surface area contributed by atoms with Crippen LogP contribution in [0.5, 0.6) is 0 Å². The summed E-state index contributed by atoms with van der Waals surface area (Å²) in [4.78, 5) is 4.28. The molecular formula is C13H8Br2FN3. The highest BCUT2D eigenvalue weighted by Crippen LogP contribution is 2.30. The van der Waals surface area contributed by atoms with Crippen LogP contribution >= 0.6 is 31.9 Å². The summed E-state index contributed by atoms with van der Waals surface area (Å²) in [5, 5.41) is 0. The van der Waals surface area contributed by atoms with Crippen molar-refractivity contribution in [2.45, 2.75) is 0 Å². The molecule has 1 aromatic heterocycles. The molecule has 2 aromatic carbocycles. The number of aromatic nitrogens is 2. The maximum Gasteiger partial charge on any atom is 0.205 e. The Kier molecular flexibility index (Phi) is 3.06. The van der Waals surface area contributed by atoms with Crippen LogP contribution < -0.4 is 5.73 Å². The quantitative estimate of drug-likeness (QED) is 0.680. The van der Waals surface area contributed by atoms with E-state index in [9.17, 15) is 4.39 Å². The molecule has 2 N–H and O–H groups in total. The average Bonchev–Trinajstić information content (AvgIpc) is 2.68. The Balaban J connectivity index is 2.38. The molecule has 0 aliphatic heterocycles. The lowest BCUT2D eigenvalue weighted by atomic mass is 10.2. The summed E-state index contributed by atoms with van der Waals surface area (Å²) in [6.07, 6.45) is 0. The average molecular weight is 385 g/mol. The normalized spacial score (nSPS) is 11.1. The number of anilines is 1. The molecular weight excluding hydrogens is 377 g/mol. The predicted octanol–water partition coefficient (Wildman–Crippen LogP) is 4.27. The third-order valence-corrected chi connectivity index (χ3v) is 3.96. The summed E-state index contributed by atoms with van der Waals surface area (Å²) in [5.41, 5.74) is 8.15. The van der Waals surface area contributed by atoms with Crippen LogP contribution in [0.1, 0.15) is 0 Å². The number of nitrogens with zero attached hydrogens (tertiary/aromatic N) is 2. The number of benzene rings is 2. The predicted molar refractivity (Wildman–Crippen MR) is 80.8 cm³/mol. The van der Waals surface area contributed by atoms with Gasteiger partial charge in [0.15, 0.2) is 0 Å². The van der Waals surface area contributed by atoms with Crippen molar-refractivity contribution in [1.29, 1.82) is 0 Å². The van der Waals surface area contributed by atoms with Crippen molar-refractivity contribution in [3.8, 4) is 5.69 Å². The van der Waals surface area contributed by atoms with Crippen LogP contribution in [0.4, 0.5) is 10.3 Å². The Hall–Kier alpha value is -1.40. The van der Waals surface area contributed by atoms with E-state index in [4.69, 9.17) is 5.73 Å². The maximum atomic E-state index is 13.4. The Morgan fingerprint density at radius 2 is 1.89 bits per heavy atom. The van der Waals surface area contributed by atoms with Gasteiger partial charge in [-0.3, -0.25) is 4.57 Å². The molecule has 0 fully saturated rings. The minimum absolute atomic E-state index is 0.319. The summed E-state index contributed by atoms with van der Waals surface area (Å²) < 4.78 is 16.8. The van der Waals surface area contributed by atoms with E-state index in [1.165, 1.54) is 12.1 Å². The van der Waals surface area contributed by atoms with Crippen LogP contribution in [0, 0.1) is 5.82 Å². The molecule has 0 atom stereocenters. The second-order valence-corrected chi connectivity index (χ2v) is 5.80. The molecule has 19 heavy (non-hydrogen) atoms. The van der Waals surface area contributed by atoms with Crippen LogP contribution in [0.2, 0.25) is 0 Å². The molecule has 0 amide bonds. The highest BCUT2D eigenvalue weighted by Gasteiger charge is 2.13. The van der Waals surface area contributed by atoms with Crippen molar-refractivity contribution in [2.75, 3.05) is 5.73 Å². The maximum absolute atomic E-state index is 13.4. The Morgan fingerprint density at radius 3 is 2.68 bits per heavy atom. The van der Waals surface area contributed by atoms with Crippen LogP contribution in [-0.2, 0) is 0 Å². The number of imidazole rings is 1. The molecule has 0 saturated heterocycles. The summed E-state index contributed by atoms with van der Waals surface area (Å²) in [7, 11) is 0. The van der Waals surface area contributed by atoms with E-state index >= 15 is 0 Å². The van der Waals surface area contributed by atoms with Gasteiger partial charge < -0.3 is 5.73 Å². The first-order valence-corrected chi connectivity index (χ1v) is 7.04. The number of rotatable bonds is 1. The standard InChI is InChI=1S/C13H8Br2FN3/c14-7-1-4-10-12(5-7)19(13(17)18-10)11-6-8(16)2-3-9(11)15/h1-6H,(H2,17,18). The highest BCUT2D eigenvalue weighted by molar-refractivity contribution is 9.10. The second kappa shape index (κ2) is 4.61. The fraction of sp³-hybridized carbons (Fsp3) is 0. The van der Waals surface area contributed by atoms with Gasteiger partial charge in [-0.2, -0.15) is 0 Å². The third-order valence-electron chi connectivity index (χ3n) is 2.79. The lowest BCUT2D eigenvalue weighted by Crippen LogP contribution is -2.02.